The van der Waals surface area contributed by atoms with Crippen LogP contribution in [0, 0.1) is 5.92 Å². The van der Waals surface area contributed by atoms with Crippen LogP contribution >= 0.6 is 11.3 Å². The molecule has 6 nitrogen and oxygen atoms in total. The van der Waals surface area contributed by atoms with E-state index in [9.17, 15) is 9.90 Å². The van der Waals surface area contributed by atoms with E-state index in [0.29, 0.717) is 24.3 Å². The van der Waals surface area contributed by atoms with Gasteiger partial charge in [-0.1, -0.05) is 6.07 Å². The molecule has 1 aromatic carbocycles. The van der Waals surface area contributed by atoms with Gasteiger partial charge in [0.15, 0.2) is 0 Å². The number of hydrogen-bond acceptors (Lipinski definition) is 6. The van der Waals surface area contributed by atoms with Crippen LogP contribution in [-0.2, 0) is 0 Å². The van der Waals surface area contributed by atoms with Crippen molar-refractivity contribution >= 4 is 27.5 Å². The number of nitrogens with one attached hydrogen (secondary N) is 1. The topological polar surface area (TPSA) is 84.3 Å². The zero-order chi connectivity index (χ0) is 18.1. The van der Waals surface area contributed by atoms with Gasteiger partial charge in [-0.05, 0) is 42.5 Å². The molecule has 0 radical (unpaired) electrons. The molecule has 0 bridgehead atoms. The van der Waals surface area contributed by atoms with E-state index in [1.165, 1.54) is 11.3 Å². The first kappa shape index (κ1) is 16.9. The highest BCUT2D eigenvalue weighted by Crippen LogP contribution is 2.38. The Labute approximate surface area is 154 Å². The standard InChI is InChI=1S/C19H19N3O3S/c1-25-17-5-3-12(9-20-17)18(13-6-14(23)7-13)22-19(24)11-2-4-15-16(8-11)26-10-21-15/h2-5,8-10,13-14,18,23H,6-7H2,1H3,(H,22,24)/t13?,14?,18-/m1/s1. The number of aliphatic hydroxyl groups excluding tert-OH is 1. The minimum absolute atomic E-state index is 0.137. The Bertz CT molecular complexity index is 919. The lowest BCUT2D eigenvalue weighted by Gasteiger charge is -2.38. The second-order valence-electron chi connectivity index (χ2n) is 6.51. The molecule has 1 saturated carbocycles. The highest BCUT2D eigenvalue weighted by atomic mass is 32.1. The Kier molecular flexibility index (Phi) is 4.57. The van der Waals surface area contributed by atoms with Crippen LogP contribution in [0.25, 0.3) is 10.2 Å². The SMILES string of the molecule is COc1ccc([C@@H](NC(=O)c2ccc3ncsc3c2)C2CC(O)C2)cn1. The van der Waals surface area contributed by atoms with Crippen LogP contribution in [-0.4, -0.2) is 34.2 Å². The molecular weight excluding hydrogens is 350 g/mol. The molecule has 1 amide bonds. The summed E-state index contributed by atoms with van der Waals surface area (Å²) in [5.41, 5.74) is 4.18. The van der Waals surface area contributed by atoms with Crippen molar-refractivity contribution in [2.75, 3.05) is 7.11 Å². The van der Waals surface area contributed by atoms with Gasteiger partial charge < -0.3 is 15.2 Å². The van der Waals surface area contributed by atoms with Gasteiger partial charge in [-0.15, -0.1) is 11.3 Å². The Hall–Kier alpha value is -2.51. The monoisotopic (exact) mass is 369 g/mol. The fourth-order valence-electron chi connectivity index (χ4n) is 3.29. The van der Waals surface area contributed by atoms with Gasteiger partial charge in [-0.2, -0.15) is 0 Å². The number of ether oxygens (including phenoxy) is 1. The first-order chi connectivity index (χ1) is 12.6. The molecule has 2 aromatic heterocycles. The minimum atomic E-state index is -0.292. The maximum Gasteiger partial charge on any atom is 0.251 e. The molecule has 1 fully saturated rings. The van der Waals surface area contributed by atoms with Crippen molar-refractivity contribution in [3.05, 3.63) is 53.2 Å². The van der Waals surface area contributed by atoms with E-state index >= 15 is 0 Å². The van der Waals surface area contributed by atoms with E-state index in [2.05, 4.69) is 15.3 Å². The zero-order valence-corrected chi connectivity index (χ0v) is 15.1. The highest BCUT2D eigenvalue weighted by Gasteiger charge is 2.36. The number of carbonyl (C=O) groups excluding carboxylic acids is 1. The van der Waals surface area contributed by atoms with Gasteiger partial charge in [0, 0.05) is 17.8 Å². The summed E-state index contributed by atoms with van der Waals surface area (Å²) in [5, 5.41) is 12.8. The summed E-state index contributed by atoms with van der Waals surface area (Å²) >= 11 is 1.51. The number of fused-ring (bicyclic) bond motifs is 1. The van der Waals surface area contributed by atoms with Crippen molar-refractivity contribution < 1.29 is 14.6 Å². The predicted molar refractivity (Wildman–Crippen MR) is 99.3 cm³/mol. The molecule has 0 unspecified atom stereocenters. The van der Waals surface area contributed by atoms with Crippen molar-refractivity contribution in [1.82, 2.24) is 15.3 Å². The van der Waals surface area contributed by atoms with Gasteiger partial charge in [0.25, 0.3) is 5.91 Å². The highest BCUT2D eigenvalue weighted by molar-refractivity contribution is 7.16. The fraction of sp³-hybridized carbons (Fsp3) is 0.316. The van der Waals surface area contributed by atoms with Crippen molar-refractivity contribution in [1.29, 1.82) is 0 Å². The second kappa shape index (κ2) is 7.01. The third-order valence-electron chi connectivity index (χ3n) is 4.83. The van der Waals surface area contributed by atoms with Crippen LogP contribution in [0.4, 0.5) is 0 Å². The van der Waals surface area contributed by atoms with Crippen LogP contribution in [0.1, 0.15) is 34.8 Å². The Balaban J connectivity index is 1.57. The molecule has 134 valence electrons. The maximum absolute atomic E-state index is 12.8. The largest absolute Gasteiger partial charge is 0.481 e. The number of methoxy groups -OCH3 is 1. The molecule has 2 N–H and O–H groups in total. The lowest BCUT2D eigenvalue weighted by atomic mass is 9.75. The lowest BCUT2D eigenvalue weighted by molar-refractivity contribution is 0.0234. The molecule has 1 atom stereocenters. The van der Waals surface area contributed by atoms with E-state index in [-0.39, 0.29) is 24.0 Å². The quantitative estimate of drug-likeness (QED) is 0.722. The molecule has 3 aromatic rings. The third kappa shape index (κ3) is 3.27. The number of carbonyl (C=O) groups is 1. The van der Waals surface area contributed by atoms with Crippen molar-refractivity contribution in [3.8, 4) is 5.88 Å². The number of nitrogens with zero attached hydrogens (tertiary/aromatic N) is 2. The summed E-state index contributed by atoms with van der Waals surface area (Å²) in [6, 6.07) is 9.01. The molecule has 2 heterocycles. The second-order valence-corrected chi connectivity index (χ2v) is 7.39. The Morgan fingerprint density at radius 3 is 2.85 bits per heavy atom. The normalized spacial score (nSPS) is 20.4. The number of thiazole rings is 1. The van der Waals surface area contributed by atoms with Crippen LogP contribution in [0.2, 0.25) is 0 Å². The van der Waals surface area contributed by atoms with E-state index in [1.807, 2.05) is 18.2 Å². The molecule has 1 aliphatic rings. The summed E-state index contributed by atoms with van der Waals surface area (Å²) in [7, 11) is 1.57. The number of aliphatic hydroxyl groups is 1. The summed E-state index contributed by atoms with van der Waals surface area (Å²) in [4.78, 5) is 21.3. The van der Waals surface area contributed by atoms with Gasteiger partial charge in [0.05, 0.1) is 35.0 Å². The molecule has 1 aliphatic carbocycles. The van der Waals surface area contributed by atoms with Gasteiger partial charge in [0.2, 0.25) is 5.88 Å². The van der Waals surface area contributed by atoms with E-state index in [0.717, 1.165) is 15.8 Å². The van der Waals surface area contributed by atoms with Crippen molar-refractivity contribution in [2.24, 2.45) is 5.92 Å². The van der Waals surface area contributed by atoms with Gasteiger partial charge in [-0.3, -0.25) is 4.79 Å². The zero-order valence-electron chi connectivity index (χ0n) is 14.3. The van der Waals surface area contributed by atoms with E-state index in [1.54, 1.807) is 30.9 Å². The summed E-state index contributed by atoms with van der Waals surface area (Å²) in [6.45, 7) is 0. The smallest absolute Gasteiger partial charge is 0.251 e. The lowest BCUT2D eigenvalue weighted by Crippen LogP contribution is -2.41. The van der Waals surface area contributed by atoms with Gasteiger partial charge >= 0.3 is 0 Å². The summed E-state index contributed by atoms with van der Waals surface area (Å²) < 4.78 is 6.09. The minimum Gasteiger partial charge on any atom is -0.481 e. The number of aromatic nitrogens is 2. The average Bonchev–Trinajstić information content (AvgIpc) is 3.11. The van der Waals surface area contributed by atoms with Crippen LogP contribution < -0.4 is 10.1 Å². The number of amides is 1. The fourth-order valence-corrected chi connectivity index (χ4v) is 4.01. The summed E-state index contributed by atoms with van der Waals surface area (Å²) in [6.07, 6.45) is 2.77. The van der Waals surface area contributed by atoms with Crippen molar-refractivity contribution in [3.63, 3.8) is 0 Å². The van der Waals surface area contributed by atoms with Gasteiger partial charge in [0.1, 0.15) is 0 Å². The number of benzene rings is 1. The van der Waals surface area contributed by atoms with Crippen LogP contribution in [0.15, 0.2) is 42.0 Å². The Morgan fingerprint density at radius 2 is 2.15 bits per heavy atom. The number of rotatable bonds is 5. The third-order valence-corrected chi connectivity index (χ3v) is 5.62. The molecule has 7 heteroatoms. The van der Waals surface area contributed by atoms with E-state index in [4.69, 9.17) is 4.74 Å². The molecule has 4 rings (SSSR count). The first-order valence-electron chi connectivity index (χ1n) is 8.46. The maximum atomic E-state index is 12.8. The molecule has 0 saturated heterocycles. The predicted octanol–water partition coefficient (Wildman–Crippen LogP) is 2.94. The Morgan fingerprint density at radius 1 is 1.31 bits per heavy atom. The number of pyridine rings is 1. The van der Waals surface area contributed by atoms with Gasteiger partial charge in [-0.25, -0.2) is 9.97 Å². The first-order valence-corrected chi connectivity index (χ1v) is 9.34. The summed E-state index contributed by atoms with van der Waals surface area (Å²) in [5.74, 6) is 0.585. The van der Waals surface area contributed by atoms with Crippen molar-refractivity contribution in [2.45, 2.75) is 25.0 Å². The number of hydrogen-bond donors (Lipinski definition) is 2. The molecule has 0 spiro atoms. The van der Waals surface area contributed by atoms with E-state index < -0.39 is 0 Å². The van der Waals surface area contributed by atoms with Crippen LogP contribution in [0.3, 0.4) is 0 Å². The molecule has 26 heavy (non-hydrogen) atoms. The van der Waals surface area contributed by atoms with Crippen LogP contribution in [0.5, 0.6) is 5.88 Å². The molecule has 0 aliphatic heterocycles. The molecular formula is C19H19N3O3S. The average molecular weight is 369 g/mol.